The van der Waals surface area contributed by atoms with Gasteiger partial charge in [0.05, 0.1) is 21.3 Å². The molecule has 1 aliphatic heterocycles. The van der Waals surface area contributed by atoms with Gasteiger partial charge in [-0.3, -0.25) is 4.79 Å². The van der Waals surface area contributed by atoms with Gasteiger partial charge in [-0.2, -0.15) is 0 Å². The van der Waals surface area contributed by atoms with Gasteiger partial charge in [0.25, 0.3) is 0 Å². The summed E-state index contributed by atoms with van der Waals surface area (Å²) in [4.78, 5) is 11.9. The molecule has 5 heteroatoms. The normalized spacial score (nSPS) is 19.6. The summed E-state index contributed by atoms with van der Waals surface area (Å²) in [5.41, 5.74) is 0.802. The van der Waals surface area contributed by atoms with Crippen LogP contribution < -0.4 is 14.2 Å². The maximum absolute atomic E-state index is 11.9. The molecular weight excluding hydrogens is 284 g/mol. The van der Waals surface area contributed by atoms with Crippen molar-refractivity contribution in [2.24, 2.45) is 0 Å². The first-order chi connectivity index (χ1) is 10.7. The lowest BCUT2D eigenvalue weighted by Crippen LogP contribution is -2.42. The standard InChI is InChI=1S/C17H20O5/c1-5-6-7-8-12-15(17(18)22-12)11-9-13(19-2)16(21-4)14(10-11)20-3/h1,9-10,12,15H,6-8H2,2-4H3/t12-,15-/m0/s1. The van der Waals surface area contributed by atoms with Crippen molar-refractivity contribution in [2.75, 3.05) is 21.3 Å². The van der Waals surface area contributed by atoms with Crippen molar-refractivity contribution in [2.45, 2.75) is 31.3 Å². The molecule has 22 heavy (non-hydrogen) atoms. The molecule has 1 aliphatic rings. The first kappa shape index (κ1) is 16.0. The Morgan fingerprint density at radius 3 is 2.27 bits per heavy atom. The molecule has 0 spiro atoms. The summed E-state index contributed by atoms with van der Waals surface area (Å²) in [6, 6.07) is 3.58. The minimum atomic E-state index is -0.313. The minimum absolute atomic E-state index is 0.149. The predicted octanol–water partition coefficient (Wildman–Crippen LogP) is 2.52. The highest BCUT2D eigenvalue weighted by atomic mass is 16.6. The fraction of sp³-hybridized carbons (Fsp3) is 0.471. The highest BCUT2D eigenvalue weighted by Gasteiger charge is 2.43. The maximum atomic E-state index is 11.9. The quantitative estimate of drug-likeness (QED) is 0.440. The number of methoxy groups -OCH3 is 3. The number of carbonyl (C=O) groups excluding carboxylic acids is 1. The van der Waals surface area contributed by atoms with Gasteiger partial charge in [0.2, 0.25) is 5.75 Å². The molecule has 1 aromatic rings. The van der Waals surface area contributed by atoms with Crippen LogP contribution in [0.2, 0.25) is 0 Å². The number of benzene rings is 1. The zero-order valence-corrected chi connectivity index (χ0v) is 13.0. The summed E-state index contributed by atoms with van der Waals surface area (Å²) in [5, 5.41) is 0. The van der Waals surface area contributed by atoms with E-state index in [-0.39, 0.29) is 18.0 Å². The molecule has 0 radical (unpaired) electrons. The lowest BCUT2D eigenvalue weighted by Gasteiger charge is -2.35. The number of unbranched alkanes of at least 4 members (excludes halogenated alkanes) is 1. The van der Waals surface area contributed by atoms with Crippen molar-refractivity contribution in [3.05, 3.63) is 17.7 Å². The monoisotopic (exact) mass is 304 g/mol. The number of ether oxygens (including phenoxy) is 4. The topological polar surface area (TPSA) is 54.0 Å². The summed E-state index contributed by atoms with van der Waals surface area (Å²) in [6.07, 6.45) is 7.35. The molecule has 0 aromatic heterocycles. The Bertz CT molecular complexity index is 562. The Labute approximate surface area is 130 Å². The second kappa shape index (κ2) is 7.08. The first-order valence-corrected chi connectivity index (χ1v) is 7.10. The smallest absolute Gasteiger partial charge is 0.317 e. The molecule has 0 N–H and O–H groups in total. The second-order valence-electron chi connectivity index (χ2n) is 5.01. The average Bonchev–Trinajstić information content (AvgIpc) is 2.52. The van der Waals surface area contributed by atoms with Gasteiger partial charge in [0.1, 0.15) is 12.0 Å². The molecule has 0 amide bonds. The van der Waals surface area contributed by atoms with Crippen LogP contribution in [0.3, 0.4) is 0 Å². The van der Waals surface area contributed by atoms with Crippen LogP contribution in [0.4, 0.5) is 0 Å². The maximum Gasteiger partial charge on any atom is 0.317 e. The second-order valence-corrected chi connectivity index (χ2v) is 5.01. The van der Waals surface area contributed by atoms with Crippen molar-refractivity contribution in [3.8, 4) is 29.6 Å². The molecule has 5 nitrogen and oxygen atoms in total. The summed E-state index contributed by atoms with van der Waals surface area (Å²) >= 11 is 0. The van der Waals surface area contributed by atoms with Crippen molar-refractivity contribution in [1.29, 1.82) is 0 Å². The Morgan fingerprint density at radius 2 is 1.82 bits per heavy atom. The van der Waals surface area contributed by atoms with Crippen molar-refractivity contribution in [3.63, 3.8) is 0 Å². The van der Waals surface area contributed by atoms with Gasteiger partial charge in [-0.1, -0.05) is 0 Å². The molecule has 1 aromatic carbocycles. The van der Waals surface area contributed by atoms with Crippen LogP contribution in [-0.4, -0.2) is 33.4 Å². The van der Waals surface area contributed by atoms with Crippen LogP contribution in [-0.2, 0) is 9.53 Å². The molecule has 1 heterocycles. The molecule has 0 saturated carbocycles. The molecule has 118 valence electrons. The Balaban J connectivity index is 2.27. The van der Waals surface area contributed by atoms with E-state index in [2.05, 4.69) is 5.92 Å². The number of terminal acetylenes is 1. The number of hydrogen-bond donors (Lipinski definition) is 0. The average molecular weight is 304 g/mol. The summed E-state index contributed by atoms with van der Waals surface area (Å²) in [6.45, 7) is 0. The van der Waals surface area contributed by atoms with Crippen molar-refractivity contribution < 1.29 is 23.7 Å². The molecule has 2 rings (SSSR count). The van der Waals surface area contributed by atoms with E-state index < -0.39 is 0 Å². The lowest BCUT2D eigenvalue weighted by atomic mass is 9.86. The number of rotatable bonds is 7. The third kappa shape index (κ3) is 2.96. The Morgan fingerprint density at radius 1 is 1.18 bits per heavy atom. The predicted molar refractivity (Wildman–Crippen MR) is 81.4 cm³/mol. The van der Waals surface area contributed by atoms with E-state index in [1.54, 1.807) is 33.5 Å². The van der Waals surface area contributed by atoms with Crippen LogP contribution in [0, 0.1) is 12.3 Å². The highest BCUT2D eigenvalue weighted by molar-refractivity contribution is 5.85. The van der Waals surface area contributed by atoms with Gasteiger partial charge < -0.3 is 18.9 Å². The third-order valence-electron chi connectivity index (χ3n) is 3.75. The van der Waals surface area contributed by atoms with Crippen LogP contribution in [0.1, 0.15) is 30.7 Å². The molecule has 2 atom stereocenters. The van der Waals surface area contributed by atoms with E-state index in [4.69, 9.17) is 25.4 Å². The highest BCUT2D eigenvalue weighted by Crippen LogP contribution is 2.44. The molecule has 0 unspecified atom stereocenters. The van der Waals surface area contributed by atoms with Crippen LogP contribution in [0.15, 0.2) is 12.1 Å². The van der Waals surface area contributed by atoms with Gasteiger partial charge >= 0.3 is 5.97 Å². The number of hydrogen-bond acceptors (Lipinski definition) is 5. The van der Waals surface area contributed by atoms with E-state index in [1.807, 2.05) is 0 Å². The first-order valence-electron chi connectivity index (χ1n) is 7.10. The molecule has 1 fully saturated rings. The van der Waals surface area contributed by atoms with Gasteiger partial charge in [-0.05, 0) is 30.5 Å². The number of esters is 1. The lowest BCUT2D eigenvalue weighted by molar-refractivity contribution is -0.175. The van der Waals surface area contributed by atoms with E-state index >= 15 is 0 Å². The van der Waals surface area contributed by atoms with Gasteiger partial charge in [0.15, 0.2) is 11.5 Å². The van der Waals surface area contributed by atoms with Gasteiger partial charge in [0, 0.05) is 6.42 Å². The molecule has 0 bridgehead atoms. The van der Waals surface area contributed by atoms with E-state index in [9.17, 15) is 4.79 Å². The van der Waals surface area contributed by atoms with Crippen LogP contribution >= 0.6 is 0 Å². The summed E-state index contributed by atoms with van der Waals surface area (Å²) in [7, 11) is 4.63. The SMILES string of the molecule is C#CCCC[C@@H]1OC(=O)[C@H]1c1cc(OC)c(OC)c(OC)c1. The Hall–Kier alpha value is -2.35. The zero-order valence-electron chi connectivity index (χ0n) is 13.0. The van der Waals surface area contributed by atoms with Crippen molar-refractivity contribution in [1.82, 2.24) is 0 Å². The van der Waals surface area contributed by atoms with E-state index in [0.717, 1.165) is 18.4 Å². The van der Waals surface area contributed by atoms with Crippen LogP contribution in [0.25, 0.3) is 0 Å². The van der Waals surface area contributed by atoms with E-state index in [0.29, 0.717) is 23.7 Å². The molecule has 1 saturated heterocycles. The number of cyclic esters (lactones) is 1. The van der Waals surface area contributed by atoms with Crippen molar-refractivity contribution >= 4 is 5.97 Å². The fourth-order valence-corrected chi connectivity index (χ4v) is 2.63. The van der Waals surface area contributed by atoms with Gasteiger partial charge in [-0.25, -0.2) is 0 Å². The van der Waals surface area contributed by atoms with Crippen LogP contribution in [0.5, 0.6) is 17.2 Å². The molecular formula is C17H20O5. The third-order valence-corrected chi connectivity index (χ3v) is 3.75. The fourth-order valence-electron chi connectivity index (χ4n) is 2.63. The largest absolute Gasteiger partial charge is 0.493 e. The Kier molecular flexibility index (Phi) is 5.16. The summed E-state index contributed by atoms with van der Waals surface area (Å²) < 4.78 is 21.2. The van der Waals surface area contributed by atoms with E-state index in [1.165, 1.54) is 0 Å². The van der Waals surface area contributed by atoms with Gasteiger partial charge in [-0.15, -0.1) is 12.3 Å². The number of carbonyl (C=O) groups is 1. The molecule has 0 aliphatic carbocycles. The summed E-state index contributed by atoms with van der Waals surface area (Å²) in [5.74, 6) is 3.60. The minimum Gasteiger partial charge on any atom is -0.493 e. The zero-order chi connectivity index (χ0) is 16.1.